The molecule has 40 heavy (non-hydrogen) atoms. The molecular formula is C25H15F12O2P. The van der Waals surface area contributed by atoms with Gasteiger partial charge in [0.1, 0.15) is 0 Å². The average Bonchev–Trinajstić information content (AvgIpc) is 3.28. The molecule has 0 radical (unpaired) electrons. The molecule has 0 aromatic heterocycles. The normalized spacial score (nSPS) is 21.9. The molecule has 0 saturated carbocycles. The third-order valence-corrected chi connectivity index (χ3v) is 12.4. The number of rotatable bonds is 1. The molecule has 2 heterocycles. The predicted octanol–water partition coefficient (Wildman–Crippen LogP) is 7.35. The second-order valence-corrected chi connectivity index (χ2v) is 13.0. The van der Waals surface area contributed by atoms with Crippen molar-refractivity contribution in [3.8, 4) is 0 Å². The SMILES string of the molecule is Cc1ccccc1P12(OC(C(F)(F)F)(C(F)(F)F)c3ccccc31)OC(C(F)(F)F)(C(F)(F)F)c1ccccc12. The van der Waals surface area contributed by atoms with Gasteiger partial charge in [-0.2, -0.15) is 0 Å². The summed E-state index contributed by atoms with van der Waals surface area (Å²) in [5, 5.41) is -3.22. The molecule has 0 saturated heterocycles. The van der Waals surface area contributed by atoms with E-state index in [0.29, 0.717) is 24.3 Å². The molecule has 216 valence electrons. The zero-order valence-corrected chi connectivity index (χ0v) is 20.6. The van der Waals surface area contributed by atoms with E-state index in [0.717, 1.165) is 49.4 Å². The van der Waals surface area contributed by atoms with Crippen molar-refractivity contribution < 1.29 is 61.7 Å². The minimum absolute atomic E-state index is 0.259. The van der Waals surface area contributed by atoms with Crippen molar-refractivity contribution in [3.63, 3.8) is 0 Å². The van der Waals surface area contributed by atoms with E-state index >= 15 is 0 Å². The average molecular weight is 606 g/mol. The summed E-state index contributed by atoms with van der Waals surface area (Å²) in [6.07, 6.45) is -25.6. The van der Waals surface area contributed by atoms with Crippen LogP contribution in [-0.4, -0.2) is 24.7 Å². The molecule has 0 aliphatic carbocycles. The van der Waals surface area contributed by atoms with Crippen LogP contribution in [0.1, 0.15) is 16.7 Å². The molecule has 15 heteroatoms. The number of fused-ring (bicyclic) bond motifs is 4. The van der Waals surface area contributed by atoms with Crippen LogP contribution in [0.3, 0.4) is 0 Å². The van der Waals surface area contributed by atoms with Gasteiger partial charge in [-0.05, 0) is 0 Å². The van der Waals surface area contributed by atoms with Crippen molar-refractivity contribution >= 4 is 23.0 Å². The molecule has 0 amide bonds. The fourth-order valence-electron chi connectivity index (χ4n) is 5.73. The molecule has 2 aliphatic heterocycles. The van der Waals surface area contributed by atoms with Gasteiger partial charge in [0.15, 0.2) is 0 Å². The Morgan fingerprint density at radius 3 is 1.10 bits per heavy atom. The van der Waals surface area contributed by atoms with Crippen LogP contribution in [0.25, 0.3) is 0 Å². The molecule has 0 atom stereocenters. The Morgan fingerprint density at radius 2 is 0.775 bits per heavy atom. The maximum atomic E-state index is 14.7. The van der Waals surface area contributed by atoms with Crippen LogP contribution in [0.2, 0.25) is 0 Å². The van der Waals surface area contributed by atoms with Gasteiger partial charge in [0.2, 0.25) is 0 Å². The third-order valence-electron chi connectivity index (χ3n) is 7.21. The molecule has 5 rings (SSSR count). The first-order valence-corrected chi connectivity index (χ1v) is 13.3. The Kier molecular flexibility index (Phi) is 5.68. The Hall–Kier alpha value is -2.83. The maximum absolute atomic E-state index is 14.7. The van der Waals surface area contributed by atoms with Gasteiger partial charge in [-0.3, -0.25) is 0 Å². The molecule has 0 bridgehead atoms. The molecule has 3 aromatic rings. The fourth-order valence-corrected chi connectivity index (χ4v) is 11.9. The Balaban J connectivity index is 2.14. The van der Waals surface area contributed by atoms with E-state index in [1.54, 1.807) is 0 Å². The van der Waals surface area contributed by atoms with Crippen molar-refractivity contribution in [2.75, 3.05) is 0 Å². The summed E-state index contributed by atoms with van der Waals surface area (Å²) in [5.74, 6) is 0. The van der Waals surface area contributed by atoms with Crippen LogP contribution in [0, 0.1) is 6.92 Å². The Bertz CT molecular complexity index is 1390. The van der Waals surface area contributed by atoms with Crippen molar-refractivity contribution in [2.24, 2.45) is 0 Å². The molecule has 2 nitrogen and oxygen atoms in total. The first-order valence-electron chi connectivity index (χ1n) is 11.2. The number of hydrogen-bond acceptors (Lipinski definition) is 2. The molecule has 1 spiro atoms. The van der Waals surface area contributed by atoms with Crippen LogP contribution in [0.5, 0.6) is 0 Å². The van der Waals surface area contributed by atoms with Crippen LogP contribution < -0.4 is 15.9 Å². The van der Waals surface area contributed by atoms with E-state index in [-0.39, 0.29) is 5.56 Å². The topological polar surface area (TPSA) is 18.5 Å². The summed E-state index contributed by atoms with van der Waals surface area (Å²) in [6, 6.07) is 9.34. The van der Waals surface area contributed by atoms with Crippen LogP contribution in [-0.2, 0) is 20.2 Å². The molecule has 0 N–H and O–H groups in total. The minimum atomic E-state index is -6.91. The monoisotopic (exact) mass is 606 g/mol. The molecule has 0 unspecified atom stereocenters. The molecular weight excluding hydrogens is 591 g/mol. The number of alkyl halides is 12. The summed E-state index contributed by atoms with van der Waals surface area (Å²) >= 11 is 0. The Morgan fingerprint density at radius 1 is 0.475 bits per heavy atom. The molecule has 3 aromatic carbocycles. The second kappa shape index (κ2) is 7.92. The standard InChI is InChI=1S/C25H15F12O2P/c1-14-8-2-5-11-17(14)40(18-12-6-3-9-15(18)20(38-40,22(26,27)28)23(29,30)31)19-13-7-4-10-16(19)21(39-40,24(32,33)34)25(35,36)37/h2-13H,1H3. The molecule has 0 fully saturated rings. The summed E-state index contributed by atoms with van der Waals surface area (Å²) in [4.78, 5) is 0. The quantitative estimate of drug-likeness (QED) is 0.213. The summed E-state index contributed by atoms with van der Waals surface area (Å²) in [7, 11) is -6.91. The van der Waals surface area contributed by atoms with Crippen LogP contribution in [0.15, 0.2) is 72.8 Å². The van der Waals surface area contributed by atoms with Gasteiger partial charge in [0.05, 0.1) is 0 Å². The number of halogens is 12. The van der Waals surface area contributed by atoms with Crippen LogP contribution in [0.4, 0.5) is 52.7 Å². The van der Waals surface area contributed by atoms with Gasteiger partial charge < -0.3 is 0 Å². The van der Waals surface area contributed by atoms with Gasteiger partial charge in [-0.1, -0.05) is 0 Å². The first kappa shape index (κ1) is 28.7. The molecule has 2 aliphatic rings. The van der Waals surface area contributed by atoms with Gasteiger partial charge in [0.25, 0.3) is 0 Å². The van der Waals surface area contributed by atoms with E-state index in [1.165, 1.54) is 6.07 Å². The zero-order chi connectivity index (χ0) is 29.8. The number of hydrogen-bond donors (Lipinski definition) is 0. The van der Waals surface area contributed by atoms with Gasteiger partial charge in [0, 0.05) is 0 Å². The number of aryl methyl sites for hydroxylation is 1. The fraction of sp³-hybridized carbons (Fsp3) is 0.280. The summed E-state index contributed by atoms with van der Waals surface area (Å²) in [6.45, 7) is 1.11. The summed E-state index contributed by atoms with van der Waals surface area (Å²) in [5.41, 5.74) is -14.4. The third kappa shape index (κ3) is 3.04. The zero-order valence-electron chi connectivity index (χ0n) is 19.7. The van der Waals surface area contributed by atoms with E-state index in [9.17, 15) is 52.7 Å². The predicted molar refractivity (Wildman–Crippen MR) is 120 cm³/mol. The van der Waals surface area contributed by atoms with Gasteiger partial charge >= 0.3 is 217 Å². The Labute approximate surface area is 217 Å². The first-order chi connectivity index (χ1) is 18.2. The van der Waals surface area contributed by atoms with Crippen molar-refractivity contribution in [3.05, 3.63) is 89.5 Å². The number of benzene rings is 3. The van der Waals surface area contributed by atoms with Gasteiger partial charge in [-0.25, -0.2) is 0 Å². The van der Waals surface area contributed by atoms with Crippen molar-refractivity contribution in [1.82, 2.24) is 0 Å². The van der Waals surface area contributed by atoms with E-state index in [4.69, 9.17) is 9.05 Å². The van der Waals surface area contributed by atoms with E-state index in [2.05, 4.69) is 0 Å². The van der Waals surface area contributed by atoms with E-state index in [1.807, 2.05) is 0 Å². The summed E-state index contributed by atoms with van der Waals surface area (Å²) < 4.78 is 187. The van der Waals surface area contributed by atoms with Crippen LogP contribution >= 0.6 is 7.06 Å². The van der Waals surface area contributed by atoms with Gasteiger partial charge in [-0.15, -0.1) is 0 Å². The van der Waals surface area contributed by atoms with E-state index < -0.39 is 70.0 Å². The second-order valence-electron chi connectivity index (χ2n) is 9.31. The van der Waals surface area contributed by atoms with Crippen molar-refractivity contribution in [2.45, 2.75) is 42.8 Å². The van der Waals surface area contributed by atoms with Crippen molar-refractivity contribution in [1.29, 1.82) is 0 Å².